The third-order valence-corrected chi connectivity index (χ3v) is 4.92. The Morgan fingerprint density at radius 2 is 1.93 bits per heavy atom. The molecule has 1 amide bonds. The molecule has 0 spiro atoms. The smallest absolute Gasteiger partial charge is 0.287 e. The quantitative estimate of drug-likeness (QED) is 0.573. The summed E-state index contributed by atoms with van der Waals surface area (Å²) >= 11 is 1.09. The molecule has 7 nitrogen and oxygen atoms in total. The molecule has 0 aliphatic rings. The van der Waals surface area contributed by atoms with Gasteiger partial charge in [-0.1, -0.05) is 23.9 Å². The van der Waals surface area contributed by atoms with Crippen LogP contribution in [0, 0.1) is 0 Å². The predicted octanol–water partition coefficient (Wildman–Crippen LogP) is 3.37. The van der Waals surface area contributed by atoms with E-state index in [0.29, 0.717) is 23.7 Å². The normalized spacial score (nSPS) is 10.4. The van der Waals surface area contributed by atoms with Crippen LogP contribution in [0.15, 0.2) is 70.7 Å². The first-order chi connectivity index (χ1) is 14.1. The number of carbonyl (C=O) groups is 1. The number of methoxy groups -OCH3 is 1. The van der Waals surface area contributed by atoms with E-state index in [1.165, 1.54) is 17.9 Å². The monoisotopic (exact) mass is 411 g/mol. The average molecular weight is 411 g/mol. The third-order valence-electron chi connectivity index (χ3n) is 3.96. The second-order valence-corrected chi connectivity index (χ2v) is 6.84. The van der Waals surface area contributed by atoms with E-state index in [1.807, 2.05) is 13.0 Å². The molecule has 150 valence electrons. The predicted molar refractivity (Wildman–Crippen MR) is 113 cm³/mol. The van der Waals surface area contributed by atoms with Crippen molar-refractivity contribution in [3.63, 3.8) is 0 Å². The Kier molecular flexibility index (Phi) is 6.91. The first kappa shape index (κ1) is 20.5. The highest BCUT2D eigenvalue weighted by Crippen LogP contribution is 2.23. The summed E-state index contributed by atoms with van der Waals surface area (Å²) in [6.07, 6.45) is 3.13. The summed E-state index contributed by atoms with van der Waals surface area (Å²) in [5.74, 6) is 1.10. The zero-order valence-corrected chi connectivity index (χ0v) is 16.9. The van der Waals surface area contributed by atoms with Crippen molar-refractivity contribution in [1.82, 2.24) is 9.55 Å². The number of nitrogens with zero attached hydrogens (tertiary/aromatic N) is 2. The number of rotatable bonds is 8. The third kappa shape index (κ3) is 5.17. The van der Waals surface area contributed by atoms with Crippen molar-refractivity contribution in [2.45, 2.75) is 11.9 Å². The number of ether oxygens (including phenoxy) is 2. The Morgan fingerprint density at radius 3 is 2.66 bits per heavy atom. The lowest BCUT2D eigenvalue weighted by Crippen LogP contribution is -2.22. The number of hydrogen-bond donors (Lipinski definition) is 1. The summed E-state index contributed by atoms with van der Waals surface area (Å²) in [6, 6.07) is 14.3. The van der Waals surface area contributed by atoms with Crippen molar-refractivity contribution in [2.75, 3.05) is 24.8 Å². The fraction of sp³-hybridized carbons (Fsp3) is 0.190. The molecule has 29 heavy (non-hydrogen) atoms. The summed E-state index contributed by atoms with van der Waals surface area (Å²) < 4.78 is 12.1. The van der Waals surface area contributed by atoms with Crippen LogP contribution in [0.4, 0.5) is 5.69 Å². The molecule has 0 aliphatic heterocycles. The van der Waals surface area contributed by atoms with Crippen LogP contribution in [-0.4, -0.2) is 34.9 Å². The molecule has 0 fully saturated rings. The largest absolute Gasteiger partial charge is 0.495 e. The summed E-state index contributed by atoms with van der Waals surface area (Å²) in [5.41, 5.74) is 0.987. The fourth-order valence-corrected chi connectivity index (χ4v) is 3.33. The average Bonchev–Trinajstić information content (AvgIpc) is 2.74. The van der Waals surface area contributed by atoms with Crippen LogP contribution in [0.25, 0.3) is 5.69 Å². The Labute approximate surface area is 172 Å². The van der Waals surface area contributed by atoms with Crippen molar-refractivity contribution >= 4 is 23.4 Å². The summed E-state index contributed by atoms with van der Waals surface area (Å²) in [7, 11) is 1.54. The molecule has 0 radical (unpaired) electrons. The van der Waals surface area contributed by atoms with Crippen LogP contribution in [0.5, 0.6) is 11.5 Å². The molecule has 1 N–H and O–H groups in total. The van der Waals surface area contributed by atoms with E-state index in [-0.39, 0.29) is 22.2 Å². The van der Waals surface area contributed by atoms with E-state index in [1.54, 1.807) is 48.7 Å². The Balaban J connectivity index is 1.69. The number of nitrogens with one attached hydrogen (secondary N) is 1. The minimum absolute atomic E-state index is 0.0492. The minimum Gasteiger partial charge on any atom is -0.495 e. The number of hydrogen-bond acceptors (Lipinski definition) is 6. The molecule has 0 atom stereocenters. The van der Waals surface area contributed by atoms with Crippen LogP contribution < -0.4 is 20.3 Å². The molecule has 0 saturated carbocycles. The van der Waals surface area contributed by atoms with Crippen molar-refractivity contribution in [3.8, 4) is 17.2 Å². The van der Waals surface area contributed by atoms with Gasteiger partial charge in [0.1, 0.15) is 11.5 Å². The van der Waals surface area contributed by atoms with Crippen molar-refractivity contribution in [3.05, 3.63) is 71.3 Å². The Hall–Kier alpha value is -3.26. The zero-order chi connectivity index (χ0) is 20.6. The maximum atomic E-state index is 12.7. The molecule has 2 aromatic carbocycles. The number of carbonyl (C=O) groups excluding carboxylic acids is 1. The van der Waals surface area contributed by atoms with Crippen molar-refractivity contribution in [1.29, 1.82) is 0 Å². The summed E-state index contributed by atoms with van der Waals surface area (Å²) in [5, 5.41) is 3.03. The molecule has 1 aromatic heterocycles. The van der Waals surface area contributed by atoms with Crippen LogP contribution in [-0.2, 0) is 4.79 Å². The Bertz CT molecular complexity index is 1030. The lowest BCUT2D eigenvalue weighted by atomic mass is 10.3. The van der Waals surface area contributed by atoms with E-state index in [0.717, 1.165) is 17.5 Å². The maximum absolute atomic E-state index is 12.7. The van der Waals surface area contributed by atoms with Gasteiger partial charge in [-0.3, -0.25) is 14.2 Å². The van der Waals surface area contributed by atoms with Gasteiger partial charge < -0.3 is 14.8 Å². The number of anilines is 1. The van der Waals surface area contributed by atoms with Crippen LogP contribution >= 0.6 is 11.8 Å². The molecule has 0 aliphatic carbocycles. The highest BCUT2D eigenvalue weighted by molar-refractivity contribution is 7.99. The minimum atomic E-state index is -0.285. The highest BCUT2D eigenvalue weighted by atomic mass is 32.2. The topological polar surface area (TPSA) is 82.5 Å². The van der Waals surface area contributed by atoms with E-state index < -0.39 is 0 Å². The second-order valence-electron chi connectivity index (χ2n) is 5.87. The van der Waals surface area contributed by atoms with Gasteiger partial charge in [-0.15, -0.1) is 0 Å². The molecule has 3 rings (SSSR count). The second kappa shape index (κ2) is 9.79. The number of benzene rings is 2. The van der Waals surface area contributed by atoms with Gasteiger partial charge in [-0.05, 0) is 43.3 Å². The van der Waals surface area contributed by atoms with E-state index >= 15 is 0 Å². The van der Waals surface area contributed by atoms with E-state index in [4.69, 9.17) is 9.47 Å². The summed E-state index contributed by atoms with van der Waals surface area (Å²) in [4.78, 5) is 29.2. The molecule has 8 heteroatoms. The van der Waals surface area contributed by atoms with Gasteiger partial charge in [0.25, 0.3) is 5.56 Å². The van der Waals surface area contributed by atoms with Gasteiger partial charge in [0.2, 0.25) is 5.91 Å². The van der Waals surface area contributed by atoms with Crippen LogP contribution in [0.1, 0.15) is 6.92 Å². The standard InChI is InChI=1S/C21H21N3O4S/c1-3-28-16-10-8-15(9-11-16)24-13-12-22-20(21(24)26)29-14-19(25)23-17-6-4-5-7-18(17)27-2/h4-13H,3,14H2,1-2H3,(H,23,25). The zero-order valence-electron chi connectivity index (χ0n) is 16.1. The first-order valence-corrected chi connectivity index (χ1v) is 9.97. The molecule has 1 heterocycles. The number of thioether (sulfide) groups is 1. The fourth-order valence-electron chi connectivity index (χ4n) is 2.63. The molecular weight excluding hydrogens is 390 g/mol. The van der Waals surface area contributed by atoms with Gasteiger partial charge >= 0.3 is 0 Å². The van der Waals surface area contributed by atoms with Gasteiger partial charge in [-0.25, -0.2) is 4.98 Å². The van der Waals surface area contributed by atoms with Crippen molar-refractivity contribution in [2.24, 2.45) is 0 Å². The van der Waals surface area contributed by atoms with E-state index in [9.17, 15) is 9.59 Å². The van der Waals surface area contributed by atoms with Crippen LogP contribution in [0.3, 0.4) is 0 Å². The number of para-hydroxylation sites is 2. The molecule has 0 saturated heterocycles. The number of amides is 1. The van der Waals surface area contributed by atoms with Gasteiger partial charge in [-0.2, -0.15) is 0 Å². The molecule has 3 aromatic rings. The molecule has 0 bridgehead atoms. The van der Waals surface area contributed by atoms with Gasteiger partial charge in [0, 0.05) is 18.1 Å². The summed E-state index contributed by atoms with van der Waals surface area (Å²) in [6.45, 7) is 2.49. The van der Waals surface area contributed by atoms with Gasteiger partial charge in [0.05, 0.1) is 25.2 Å². The number of aromatic nitrogens is 2. The van der Waals surface area contributed by atoms with Crippen LogP contribution in [0.2, 0.25) is 0 Å². The van der Waals surface area contributed by atoms with Gasteiger partial charge in [0.15, 0.2) is 5.03 Å². The molecule has 0 unspecified atom stereocenters. The Morgan fingerprint density at radius 1 is 1.17 bits per heavy atom. The molecular formula is C21H21N3O4S. The highest BCUT2D eigenvalue weighted by Gasteiger charge is 2.12. The lowest BCUT2D eigenvalue weighted by molar-refractivity contribution is -0.113. The maximum Gasteiger partial charge on any atom is 0.287 e. The van der Waals surface area contributed by atoms with E-state index in [2.05, 4.69) is 10.3 Å². The lowest BCUT2D eigenvalue weighted by Gasteiger charge is -2.10. The van der Waals surface area contributed by atoms with Crippen molar-refractivity contribution < 1.29 is 14.3 Å². The SMILES string of the molecule is CCOc1ccc(-n2ccnc(SCC(=O)Nc3ccccc3OC)c2=O)cc1. The first-order valence-electron chi connectivity index (χ1n) is 8.99.